The van der Waals surface area contributed by atoms with E-state index in [2.05, 4.69) is 20.2 Å². The minimum Gasteiger partial charge on any atom is -0.335 e. The van der Waals surface area contributed by atoms with Crippen molar-refractivity contribution in [3.63, 3.8) is 0 Å². The molecule has 0 atom stereocenters. The summed E-state index contributed by atoms with van der Waals surface area (Å²) in [6, 6.07) is 3.99. The molecule has 0 spiro atoms. The molecule has 18 heavy (non-hydrogen) atoms. The molecule has 3 aromatic heterocycles. The fraction of sp³-hybridized carbons (Fsp3) is 0.182. The Balaban J connectivity index is 1.88. The van der Waals surface area contributed by atoms with E-state index in [9.17, 15) is 0 Å². The van der Waals surface area contributed by atoms with Crippen LogP contribution in [0.1, 0.15) is 0 Å². The van der Waals surface area contributed by atoms with Gasteiger partial charge in [-0.2, -0.15) is 5.10 Å². The first-order chi connectivity index (χ1) is 8.86. The zero-order valence-corrected chi connectivity index (χ0v) is 10.4. The average Bonchev–Trinajstić information content (AvgIpc) is 3.10. The van der Waals surface area contributed by atoms with E-state index in [4.69, 9.17) is 5.73 Å². The zero-order chi connectivity index (χ0) is 12.4. The number of rotatable bonds is 4. The van der Waals surface area contributed by atoms with Crippen molar-refractivity contribution >= 4 is 11.3 Å². The summed E-state index contributed by atoms with van der Waals surface area (Å²) in [6.45, 7) is 1.33. The van der Waals surface area contributed by atoms with Gasteiger partial charge in [-0.15, -0.1) is 11.3 Å². The molecule has 0 amide bonds. The Labute approximate surface area is 108 Å². The van der Waals surface area contributed by atoms with E-state index in [0.717, 1.165) is 22.9 Å². The van der Waals surface area contributed by atoms with Crippen LogP contribution < -0.4 is 5.73 Å². The van der Waals surface area contributed by atoms with Gasteiger partial charge in [-0.05, 0) is 11.4 Å². The molecule has 6 nitrogen and oxygen atoms in total. The first-order valence-corrected chi connectivity index (χ1v) is 6.43. The van der Waals surface area contributed by atoms with Gasteiger partial charge in [-0.1, -0.05) is 6.07 Å². The Kier molecular flexibility index (Phi) is 2.91. The monoisotopic (exact) mass is 260 g/mol. The maximum Gasteiger partial charge on any atom is 0.201 e. The summed E-state index contributed by atoms with van der Waals surface area (Å²) in [5.41, 5.74) is 6.24. The molecular weight excluding hydrogens is 248 g/mol. The number of nitrogens with two attached hydrogens (primary N) is 1. The molecule has 3 heterocycles. The van der Waals surface area contributed by atoms with Crippen LogP contribution in [0.25, 0.3) is 22.2 Å². The third-order valence-corrected chi connectivity index (χ3v) is 3.37. The predicted molar refractivity (Wildman–Crippen MR) is 70.0 cm³/mol. The van der Waals surface area contributed by atoms with Gasteiger partial charge in [0.05, 0.1) is 11.2 Å². The number of hydrogen-bond acceptors (Lipinski definition) is 5. The summed E-state index contributed by atoms with van der Waals surface area (Å²) in [4.78, 5) is 9.76. The van der Waals surface area contributed by atoms with Gasteiger partial charge in [-0.25, -0.2) is 9.97 Å². The largest absolute Gasteiger partial charge is 0.335 e. The number of imidazole rings is 1. The minimum absolute atomic E-state index is 0.588. The molecule has 0 fully saturated rings. The lowest BCUT2D eigenvalue weighted by Crippen LogP contribution is -2.07. The van der Waals surface area contributed by atoms with Crippen LogP contribution in [-0.4, -0.2) is 31.3 Å². The van der Waals surface area contributed by atoms with Gasteiger partial charge < -0.3 is 10.3 Å². The molecule has 0 aliphatic rings. The molecule has 0 aromatic carbocycles. The molecule has 0 saturated carbocycles. The lowest BCUT2D eigenvalue weighted by atomic mass is 10.4. The van der Waals surface area contributed by atoms with Crippen LogP contribution in [0.15, 0.2) is 30.0 Å². The number of H-pyrrole nitrogens is 1. The second kappa shape index (κ2) is 4.71. The van der Waals surface area contributed by atoms with Crippen molar-refractivity contribution in [1.82, 2.24) is 24.7 Å². The fourth-order valence-electron chi connectivity index (χ4n) is 1.65. The predicted octanol–water partition coefficient (Wildman–Crippen LogP) is 1.36. The molecule has 0 aliphatic heterocycles. The molecular formula is C11H12N6S. The standard InChI is InChI=1S/C11H12N6S/c12-3-4-17-6-8(13-7-17)10-14-11(16-15-10)9-2-1-5-18-9/h1-2,5-7H,3-4,12H2,(H,14,15,16). The summed E-state index contributed by atoms with van der Waals surface area (Å²) in [6.07, 6.45) is 3.64. The fourth-order valence-corrected chi connectivity index (χ4v) is 2.31. The van der Waals surface area contributed by atoms with E-state index in [0.29, 0.717) is 12.4 Å². The minimum atomic E-state index is 0.588. The number of thiophene rings is 1. The maximum absolute atomic E-state index is 5.49. The summed E-state index contributed by atoms with van der Waals surface area (Å²) < 4.78 is 1.93. The highest BCUT2D eigenvalue weighted by atomic mass is 32.1. The molecule has 92 valence electrons. The number of nitrogens with one attached hydrogen (secondary N) is 1. The van der Waals surface area contributed by atoms with Gasteiger partial charge in [-0.3, -0.25) is 5.10 Å². The van der Waals surface area contributed by atoms with E-state index in [1.54, 1.807) is 17.7 Å². The van der Waals surface area contributed by atoms with Crippen LogP contribution in [0.3, 0.4) is 0 Å². The first-order valence-electron chi connectivity index (χ1n) is 5.55. The van der Waals surface area contributed by atoms with Crippen LogP contribution in [0, 0.1) is 0 Å². The molecule has 0 unspecified atom stereocenters. The zero-order valence-electron chi connectivity index (χ0n) is 9.58. The summed E-state index contributed by atoms with van der Waals surface area (Å²) in [5, 5.41) is 9.11. The van der Waals surface area contributed by atoms with Crippen molar-refractivity contribution in [2.24, 2.45) is 5.73 Å². The van der Waals surface area contributed by atoms with Gasteiger partial charge in [0.25, 0.3) is 0 Å². The van der Waals surface area contributed by atoms with Crippen LogP contribution in [0.5, 0.6) is 0 Å². The van der Waals surface area contributed by atoms with Gasteiger partial charge in [0.2, 0.25) is 5.82 Å². The van der Waals surface area contributed by atoms with E-state index >= 15 is 0 Å². The molecule has 0 radical (unpaired) electrons. The smallest absolute Gasteiger partial charge is 0.201 e. The molecule has 0 aliphatic carbocycles. The van der Waals surface area contributed by atoms with Crippen molar-refractivity contribution in [3.05, 3.63) is 30.0 Å². The number of aromatic nitrogens is 5. The van der Waals surface area contributed by atoms with Crippen molar-refractivity contribution in [2.75, 3.05) is 6.54 Å². The summed E-state index contributed by atoms with van der Waals surface area (Å²) in [7, 11) is 0. The highest BCUT2D eigenvalue weighted by Gasteiger charge is 2.10. The van der Waals surface area contributed by atoms with Crippen LogP contribution in [0.4, 0.5) is 0 Å². The molecule has 3 rings (SSSR count). The average molecular weight is 260 g/mol. The third-order valence-electron chi connectivity index (χ3n) is 2.49. The maximum atomic E-state index is 5.49. The Morgan fingerprint density at radius 2 is 2.39 bits per heavy atom. The second-order valence-electron chi connectivity index (χ2n) is 3.77. The number of nitrogens with zero attached hydrogens (tertiary/aromatic N) is 4. The van der Waals surface area contributed by atoms with Crippen LogP contribution in [0.2, 0.25) is 0 Å². The molecule has 7 heteroatoms. The number of hydrogen-bond donors (Lipinski definition) is 2. The van der Waals surface area contributed by atoms with E-state index in [-0.39, 0.29) is 0 Å². The summed E-state index contributed by atoms with van der Waals surface area (Å²) in [5.74, 6) is 1.38. The van der Waals surface area contributed by atoms with Crippen molar-refractivity contribution < 1.29 is 0 Å². The lowest BCUT2D eigenvalue weighted by Gasteiger charge is -1.94. The van der Waals surface area contributed by atoms with Gasteiger partial charge in [0.1, 0.15) is 5.69 Å². The van der Waals surface area contributed by atoms with Gasteiger partial charge in [0.15, 0.2) is 5.82 Å². The Morgan fingerprint density at radius 1 is 1.44 bits per heavy atom. The molecule has 3 aromatic rings. The highest BCUT2D eigenvalue weighted by Crippen LogP contribution is 2.22. The summed E-state index contributed by atoms with van der Waals surface area (Å²) >= 11 is 1.62. The first kappa shape index (κ1) is 11.1. The van der Waals surface area contributed by atoms with Gasteiger partial charge in [0, 0.05) is 19.3 Å². The quantitative estimate of drug-likeness (QED) is 0.741. The Hall–Kier alpha value is -1.99. The van der Waals surface area contributed by atoms with Crippen molar-refractivity contribution in [1.29, 1.82) is 0 Å². The van der Waals surface area contributed by atoms with E-state index in [1.165, 1.54) is 0 Å². The van der Waals surface area contributed by atoms with Crippen LogP contribution >= 0.6 is 11.3 Å². The number of aromatic amines is 1. The topological polar surface area (TPSA) is 85.4 Å². The lowest BCUT2D eigenvalue weighted by molar-refractivity contribution is 0.708. The van der Waals surface area contributed by atoms with Crippen molar-refractivity contribution in [3.8, 4) is 22.2 Å². The van der Waals surface area contributed by atoms with E-state index < -0.39 is 0 Å². The van der Waals surface area contributed by atoms with Gasteiger partial charge >= 0.3 is 0 Å². The molecule has 0 bridgehead atoms. The second-order valence-corrected chi connectivity index (χ2v) is 4.72. The highest BCUT2D eigenvalue weighted by molar-refractivity contribution is 7.13. The SMILES string of the molecule is NCCn1cnc(-c2n[nH]c(-c3cccs3)n2)c1. The third kappa shape index (κ3) is 2.05. The van der Waals surface area contributed by atoms with Crippen LogP contribution in [-0.2, 0) is 6.54 Å². The molecule has 3 N–H and O–H groups in total. The Bertz CT molecular complexity index is 624. The normalized spacial score (nSPS) is 10.9. The Morgan fingerprint density at radius 3 is 3.17 bits per heavy atom. The van der Waals surface area contributed by atoms with Crippen molar-refractivity contribution in [2.45, 2.75) is 6.54 Å². The molecule has 0 saturated heterocycles. The van der Waals surface area contributed by atoms with E-state index in [1.807, 2.05) is 28.3 Å².